The third kappa shape index (κ3) is 7.00. The normalized spacial score (nSPS) is 10.0. The van der Waals surface area contributed by atoms with Gasteiger partial charge in [0.25, 0.3) is 5.91 Å². The lowest BCUT2D eigenvalue weighted by atomic mass is 10.2. The number of benzene rings is 1. The number of halogens is 1. The highest BCUT2D eigenvalue weighted by Gasteiger charge is 2.11. The van der Waals surface area contributed by atoms with Crippen molar-refractivity contribution in [2.45, 2.75) is 20.3 Å². The van der Waals surface area contributed by atoms with Crippen molar-refractivity contribution in [1.82, 2.24) is 10.6 Å². The molecule has 0 aromatic heterocycles. The Bertz CT molecular complexity index is 453. The molecule has 6 heteroatoms. The first kappa shape index (κ1) is 20.5. The summed E-state index contributed by atoms with van der Waals surface area (Å²) >= 11 is 0. The van der Waals surface area contributed by atoms with Crippen LogP contribution >= 0.6 is 12.4 Å². The maximum atomic E-state index is 12.0. The number of nitrogens with one attached hydrogen (secondary N) is 2. The van der Waals surface area contributed by atoms with Crippen LogP contribution in [0.4, 0.5) is 0 Å². The molecule has 0 aliphatic heterocycles. The fourth-order valence-corrected chi connectivity index (χ4v) is 1.75. The molecule has 0 bridgehead atoms. The van der Waals surface area contributed by atoms with Crippen molar-refractivity contribution in [1.29, 1.82) is 0 Å². The van der Waals surface area contributed by atoms with E-state index < -0.39 is 0 Å². The largest absolute Gasteiger partial charge is 0.493 e. The van der Waals surface area contributed by atoms with Gasteiger partial charge in [-0.15, -0.1) is 12.4 Å². The average Bonchev–Trinajstić information content (AvgIpc) is 2.49. The van der Waals surface area contributed by atoms with Gasteiger partial charge >= 0.3 is 0 Å². The van der Waals surface area contributed by atoms with Gasteiger partial charge in [0.05, 0.1) is 13.7 Å². The molecule has 0 heterocycles. The quantitative estimate of drug-likeness (QED) is 0.683. The highest BCUT2D eigenvalue weighted by molar-refractivity contribution is 5.94. The van der Waals surface area contributed by atoms with Gasteiger partial charge in [0.2, 0.25) is 0 Å². The molecule has 22 heavy (non-hydrogen) atoms. The van der Waals surface area contributed by atoms with Crippen LogP contribution in [0.25, 0.3) is 0 Å². The summed E-state index contributed by atoms with van der Waals surface area (Å²) in [7, 11) is 3.47. The maximum absolute atomic E-state index is 12.0. The molecule has 0 fully saturated rings. The summed E-state index contributed by atoms with van der Waals surface area (Å²) in [6, 6.07) is 5.25. The van der Waals surface area contributed by atoms with Crippen molar-refractivity contribution in [3.8, 4) is 11.5 Å². The van der Waals surface area contributed by atoms with Gasteiger partial charge in [-0.25, -0.2) is 0 Å². The minimum atomic E-state index is -0.0974. The van der Waals surface area contributed by atoms with E-state index in [0.29, 0.717) is 36.1 Å². The Labute approximate surface area is 139 Å². The zero-order valence-corrected chi connectivity index (χ0v) is 14.6. The van der Waals surface area contributed by atoms with E-state index in [-0.39, 0.29) is 18.3 Å². The van der Waals surface area contributed by atoms with E-state index >= 15 is 0 Å². The van der Waals surface area contributed by atoms with Crippen LogP contribution in [-0.4, -0.2) is 39.8 Å². The van der Waals surface area contributed by atoms with E-state index in [1.807, 2.05) is 7.05 Å². The lowest BCUT2D eigenvalue weighted by Gasteiger charge is -2.13. The Morgan fingerprint density at radius 1 is 1.23 bits per heavy atom. The molecule has 0 unspecified atom stereocenters. The van der Waals surface area contributed by atoms with E-state index in [2.05, 4.69) is 24.5 Å². The maximum Gasteiger partial charge on any atom is 0.251 e. The highest BCUT2D eigenvalue weighted by atomic mass is 35.5. The molecule has 2 N–H and O–H groups in total. The molecule has 0 spiro atoms. The summed E-state index contributed by atoms with van der Waals surface area (Å²) in [6.45, 7) is 6.31. The van der Waals surface area contributed by atoms with Gasteiger partial charge in [-0.05, 0) is 44.1 Å². The monoisotopic (exact) mass is 330 g/mol. The third-order valence-electron chi connectivity index (χ3n) is 2.89. The minimum Gasteiger partial charge on any atom is -0.493 e. The number of hydrogen-bond acceptors (Lipinski definition) is 4. The van der Waals surface area contributed by atoms with Crippen LogP contribution in [0, 0.1) is 5.92 Å². The Morgan fingerprint density at radius 2 is 1.95 bits per heavy atom. The highest BCUT2D eigenvalue weighted by Crippen LogP contribution is 2.28. The number of rotatable bonds is 9. The van der Waals surface area contributed by atoms with Gasteiger partial charge in [0, 0.05) is 12.1 Å². The number of amides is 1. The molecule has 1 rings (SSSR count). The molecule has 1 aromatic rings. The number of hydrogen-bond donors (Lipinski definition) is 2. The fraction of sp³-hybridized carbons (Fsp3) is 0.562. The molecule has 1 amide bonds. The predicted molar refractivity (Wildman–Crippen MR) is 91.5 cm³/mol. The number of carbonyl (C=O) groups is 1. The van der Waals surface area contributed by atoms with Crippen molar-refractivity contribution in [2.75, 3.05) is 33.9 Å². The first-order valence-corrected chi connectivity index (χ1v) is 7.32. The van der Waals surface area contributed by atoms with Gasteiger partial charge in [-0.1, -0.05) is 13.8 Å². The standard InChI is InChI=1S/C16H26N2O3.ClH/c1-12(2)11-21-14-7-6-13(10-15(14)20-4)16(19)18-9-5-8-17-3;/h6-7,10,12,17H,5,8-9,11H2,1-4H3,(H,18,19);1H. The van der Waals surface area contributed by atoms with E-state index in [1.54, 1.807) is 25.3 Å². The van der Waals surface area contributed by atoms with Crippen LogP contribution in [0.5, 0.6) is 11.5 Å². The van der Waals surface area contributed by atoms with Gasteiger partial charge < -0.3 is 20.1 Å². The van der Waals surface area contributed by atoms with Crippen molar-refractivity contribution < 1.29 is 14.3 Å². The van der Waals surface area contributed by atoms with Crippen LogP contribution in [-0.2, 0) is 0 Å². The molecule has 5 nitrogen and oxygen atoms in total. The average molecular weight is 331 g/mol. The molecule has 0 saturated heterocycles. The molecule has 0 radical (unpaired) electrons. The van der Waals surface area contributed by atoms with E-state index in [1.165, 1.54) is 0 Å². The summed E-state index contributed by atoms with van der Waals surface area (Å²) in [4.78, 5) is 12.0. The zero-order valence-electron chi connectivity index (χ0n) is 13.8. The van der Waals surface area contributed by atoms with Crippen molar-refractivity contribution in [3.05, 3.63) is 23.8 Å². The molecule has 0 atom stereocenters. The van der Waals surface area contributed by atoms with Gasteiger partial charge in [0.1, 0.15) is 0 Å². The van der Waals surface area contributed by atoms with Crippen molar-refractivity contribution >= 4 is 18.3 Å². The predicted octanol–water partition coefficient (Wildman–Crippen LogP) is 2.49. The molecule has 0 saturated carbocycles. The number of carbonyl (C=O) groups excluding carboxylic acids is 1. The molecule has 0 aliphatic rings. The van der Waals surface area contributed by atoms with Crippen LogP contribution in [0.15, 0.2) is 18.2 Å². The van der Waals surface area contributed by atoms with Crippen LogP contribution < -0.4 is 20.1 Å². The van der Waals surface area contributed by atoms with E-state index in [4.69, 9.17) is 9.47 Å². The first-order chi connectivity index (χ1) is 10.1. The van der Waals surface area contributed by atoms with Crippen LogP contribution in [0.3, 0.4) is 0 Å². The van der Waals surface area contributed by atoms with Crippen molar-refractivity contribution in [3.63, 3.8) is 0 Å². The van der Waals surface area contributed by atoms with Gasteiger partial charge in [-0.3, -0.25) is 4.79 Å². The SMILES string of the molecule is CNCCCNC(=O)c1ccc(OCC(C)C)c(OC)c1.Cl. The Hall–Kier alpha value is -1.46. The molecule has 0 aliphatic carbocycles. The second kappa shape index (κ2) is 11.2. The lowest BCUT2D eigenvalue weighted by Crippen LogP contribution is -2.26. The molecule has 1 aromatic carbocycles. The smallest absolute Gasteiger partial charge is 0.251 e. The zero-order chi connectivity index (χ0) is 15.7. The second-order valence-electron chi connectivity index (χ2n) is 5.28. The first-order valence-electron chi connectivity index (χ1n) is 7.32. The van der Waals surface area contributed by atoms with Gasteiger partial charge in [-0.2, -0.15) is 0 Å². The fourth-order valence-electron chi connectivity index (χ4n) is 1.75. The van der Waals surface area contributed by atoms with Crippen LogP contribution in [0.2, 0.25) is 0 Å². The lowest BCUT2D eigenvalue weighted by molar-refractivity contribution is 0.0953. The number of methoxy groups -OCH3 is 1. The topological polar surface area (TPSA) is 59.6 Å². The second-order valence-corrected chi connectivity index (χ2v) is 5.28. The minimum absolute atomic E-state index is 0. The summed E-state index contributed by atoms with van der Waals surface area (Å²) in [6.07, 6.45) is 0.898. The summed E-state index contributed by atoms with van der Waals surface area (Å²) in [5, 5.41) is 5.92. The molecule has 126 valence electrons. The van der Waals surface area contributed by atoms with E-state index in [9.17, 15) is 4.79 Å². The molecular formula is C16H27ClN2O3. The number of ether oxygens (including phenoxy) is 2. The Balaban J connectivity index is 0.00000441. The Morgan fingerprint density at radius 3 is 2.55 bits per heavy atom. The summed E-state index contributed by atoms with van der Waals surface area (Å²) in [5.74, 6) is 1.58. The van der Waals surface area contributed by atoms with Crippen molar-refractivity contribution in [2.24, 2.45) is 5.92 Å². The molecular weight excluding hydrogens is 304 g/mol. The van der Waals surface area contributed by atoms with E-state index in [0.717, 1.165) is 13.0 Å². The summed E-state index contributed by atoms with van der Waals surface area (Å²) in [5.41, 5.74) is 0.577. The Kier molecular flexibility index (Phi) is 10.4. The summed E-state index contributed by atoms with van der Waals surface area (Å²) < 4.78 is 11.0. The third-order valence-corrected chi connectivity index (χ3v) is 2.89. The van der Waals surface area contributed by atoms with Crippen LogP contribution in [0.1, 0.15) is 30.6 Å². The van der Waals surface area contributed by atoms with Gasteiger partial charge in [0.15, 0.2) is 11.5 Å².